The first-order valence-corrected chi connectivity index (χ1v) is 13.5. The van der Waals surface area contributed by atoms with Crippen molar-refractivity contribution in [1.82, 2.24) is 4.90 Å². The summed E-state index contributed by atoms with van der Waals surface area (Å²) in [6.07, 6.45) is 6.20. The molecule has 0 saturated carbocycles. The van der Waals surface area contributed by atoms with Crippen molar-refractivity contribution >= 4 is 17.8 Å². The lowest BCUT2D eigenvalue weighted by Crippen LogP contribution is -2.30. The first-order chi connectivity index (χ1) is 19.0. The lowest BCUT2D eigenvalue weighted by atomic mass is 9.95. The number of unbranched alkanes of at least 4 members (excludes halogenated alkanes) is 2. The fourth-order valence-electron chi connectivity index (χ4n) is 4.64. The average Bonchev–Trinajstić information content (AvgIpc) is 3.21. The highest BCUT2D eigenvalue weighted by Gasteiger charge is 2.43. The van der Waals surface area contributed by atoms with Crippen molar-refractivity contribution in [2.75, 3.05) is 13.2 Å². The van der Waals surface area contributed by atoms with Crippen LogP contribution < -0.4 is 9.47 Å². The number of carbonyl (C=O) groups excluding carboxylic acids is 2. The summed E-state index contributed by atoms with van der Waals surface area (Å²) in [5, 5.41) is 11.0. The van der Waals surface area contributed by atoms with Gasteiger partial charge in [-0.15, -0.1) is 0 Å². The predicted molar refractivity (Wildman–Crippen MR) is 153 cm³/mol. The second kappa shape index (κ2) is 13.5. The van der Waals surface area contributed by atoms with Crippen LogP contribution in [-0.4, -0.2) is 34.9 Å². The minimum Gasteiger partial charge on any atom is -0.503 e. The molecule has 0 fully saturated rings. The van der Waals surface area contributed by atoms with Crippen molar-refractivity contribution < 1.29 is 24.2 Å². The number of nitrogens with zero attached hydrogens (tertiary/aromatic N) is 1. The van der Waals surface area contributed by atoms with E-state index in [2.05, 4.69) is 6.92 Å². The van der Waals surface area contributed by atoms with E-state index in [1.165, 1.54) is 11.0 Å². The lowest BCUT2D eigenvalue weighted by Gasteiger charge is -2.27. The molecular weight excluding hydrogens is 490 g/mol. The van der Waals surface area contributed by atoms with Crippen molar-refractivity contribution in [1.29, 1.82) is 0 Å². The van der Waals surface area contributed by atoms with E-state index >= 15 is 0 Å². The van der Waals surface area contributed by atoms with Crippen LogP contribution in [0.3, 0.4) is 0 Å². The number of allylic oxidation sites excluding steroid dienone is 1. The molecule has 1 heterocycles. The Labute approximate surface area is 230 Å². The van der Waals surface area contributed by atoms with Crippen LogP contribution in [0.2, 0.25) is 0 Å². The number of carbonyl (C=O) groups is 2. The molecule has 6 nitrogen and oxygen atoms in total. The van der Waals surface area contributed by atoms with Gasteiger partial charge in [-0.05, 0) is 48.2 Å². The van der Waals surface area contributed by atoms with E-state index in [1.54, 1.807) is 12.1 Å². The van der Waals surface area contributed by atoms with E-state index in [4.69, 9.17) is 9.47 Å². The topological polar surface area (TPSA) is 76.1 Å². The Kier molecular flexibility index (Phi) is 9.57. The van der Waals surface area contributed by atoms with Crippen molar-refractivity contribution in [3.8, 4) is 11.5 Å². The minimum atomic E-state index is -0.793. The summed E-state index contributed by atoms with van der Waals surface area (Å²) in [4.78, 5) is 28.4. The highest BCUT2D eigenvalue weighted by atomic mass is 16.5. The molecule has 0 aromatic heterocycles. The van der Waals surface area contributed by atoms with Gasteiger partial charge in [-0.3, -0.25) is 9.59 Å². The van der Waals surface area contributed by atoms with Gasteiger partial charge in [0.15, 0.2) is 23.0 Å². The van der Waals surface area contributed by atoms with Crippen LogP contribution in [-0.2, 0) is 16.1 Å². The molecule has 1 atom stereocenters. The molecule has 3 aromatic carbocycles. The zero-order valence-electron chi connectivity index (χ0n) is 22.5. The van der Waals surface area contributed by atoms with E-state index < -0.39 is 23.5 Å². The third-order valence-corrected chi connectivity index (χ3v) is 6.58. The number of ether oxygens (including phenoxy) is 2. The molecule has 1 amide bonds. The Morgan fingerprint density at radius 1 is 0.923 bits per heavy atom. The Hall–Kier alpha value is -4.32. The van der Waals surface area contributed by atoms with Gasteiger partial charge < -0.3 is 19.5 Å². The third-order valence-electron chi connectivity index (χ3n) is 6.58. The summed E-state index contributed by atoms with van der Waals surface area (Å²) < 4.78 is 11.9. The van der Waals surface area contributed by atoms with Crippen LogP contribution in [0, 0.1) is 0 Å². The van der Waals surface area contributed by atoms with Crippen LogP contribution in [0.4, 0.5) is 0 Å². The molecule has 4 rings (SSSR count). The SMILES string of the molecule is CCCCCOc1ccc(C2C(C(=O)/C=C/c3ccccc3)=C(O)C(=O)N2Cc2ccccc2)cc1OCC. The highest BCUT2D eigenvalue weighted by molar-refractivity contribution is 6.14. The third kappa shape index (κ3) is 6.77. The van der Waals surface area contributed by atoms with Crippen molar-refractivity contribution in [3.63, 3.8) is 0 Å². The number of hydrogen-bond acceptors (Lipinski definition) is 5. The van der Waals surface area contributed by atoms with Crippen molar-refractivity contribution in [3.05, 3.63) is 113 Å². The molecule has 0 saturated heterocycles. The number of hydrogen-bond donors (Lipinski definition) is 1. The van der Waals surface area contributed by atoms with Gasteiger partial charge in [0, 0.05) is 6.54 Å². The molecule has 0 spiro atoms. The van der Waals surface area contributed by atoms with E-state index in [0.29, 0.717) is 30.3 Å². The summed E-state index contributed by atoms with van der Waals surface area (Å²) in [5.74, 6) is -0.393. The van der Waals surface area contributed by atoms with Gasteiger partial charge in [0.05, 0.1) is 24.8 Å². The Morgan fingerprint density at radius 2 is 1.64 bits per heavy atom. The maximum atomic E-state index is 13.5. The zero-order chi connectivity index (χ0) is 27.6. The van der Waals surface area contributed by atoms with Crippen LogP contribution in [0.15, 0.2) is 96.3 Å². The van der Waals surface area contributed by atoms with Gasteiger partial charge in [-0.25, -0.2) is 0 Å². The molecule has 6 heteroatoms. The predicted octanol–water partition coefficient (Wildman–Crippen LogP) is 6.83. The van der Waals surface area contributed by atoms with Gasteiger partial charge in [0.1, 0.15) is 0 Å². The Bertz CT molecular complexity index is 1330. The molecule has 0 aliphatic carbocycles. The largest absolute Gasteiger partial charge is 0.503 e. The molecule has 39 heavy (non-hydrogen) atoms. The number of aliphatic hydroxyl groups is 1. The first kappa shape index (κ1) is 27.7. The number of ketones is 1. The van der Waals surface area contributed by atoms with Crippen LogP contribution in [0.1, 0.15) is 55.8 Å². The van der Waals surface area contributed by atoms with Crippen LogP contribution in [0.5, 0.6) is 11.5 Å². The lowest BCUT2D eigenvalue weighted by molar-refractivity contribution is -0.130. The summed E-state index contributed by atoms with van der Waals surface area (Å²) in [5.41, 5.74) is 2.43. The highest BCUT2D eigenvalue weighted by Crippen LogP contribution is 2.42. The second-order valence-corrected chi connectivity index (χ2v) is 9.39. The fourth-order valence-corrected chi connectivity index (χ4v) is 4.64. The summed E-state index contributed by atoms with van der Waals surface area (Å²) in [7, 11) is 0. The van der Waals surface area contributed by atoms with Crippen molar-refractivity contribution in [2.24, 2.45) is 0 Å². The Balaban J connectivity index is 1.71. The molecule has 0 radical (unpaired) electrons. The summed E-state index contributed by atoms with van der Waals surface area (Å²) >= 11 is 0. The molecule has 3 aromatic rings. The maximum absolute atomic E-state index is 13.5. The molecule has 1 N–H and O–H groups in total. The second-order valence-electron chi connectivity index (χ2n) is 9.39. The van der Waals surface area contributed by atoms with E-state index in [0.717, 1.165) is 30.4 Å². The van der Waals surface area contributed by atoms with Gasteiger partial charge in [-0.1, -0.05) is 92.6 Å². The average molecular weight is 526 g/mol. The molecule has 1 unspecified atom stereocenters. The van der Waals surface area contributed by atoms with E-state index in [-0.39, 0.29) is 12.1 Å². The van der Waals surface area contributed by atoms with E-state index in [9.17, 15) is 14.7 Å². The number of aliphatic hydroxyl groups excluding tert-OH is 1. The molecule has 1 aliphatic rings. The molecular formula is C33H35NO5. The molecule has 1 aliphatic heterocycles. The molecule has 0 bridgehead atoms. The van der Waals surface area contributed by atoms with E-state index in [1.807, 2.05) is 79.7 Å². The number of rotatable bonds is 13. The minimum absolute atomic E-state index is 0.0437. The number of amides is 1. The fraction of sp³-hybridized carbons (Fsp3) is 0.273. The van der Waals surface area contributed by atoms with Gasteiger partial charge in [0.2, 0.25) is 0 Å². The normalized spacial score (nSPS) is 15.3. The Morgan fingerprint density at radius 3 is 2.33 bits per heavy atom. The van der Waals surface area contributed by atoms with Crippen LogP contribution in [0.25, 0.3) is 6.08 Å². The number of benzene rings is 3. The summed E-state index contributed by atoms with van der Waals surface area (Å²) in [6.45, 7) is 5.26. The quantitative estimate of drug-likeness (QED) is 0.195. The zero-order valence-corrected chi connectivity index (χ0v) is 22.5. The van der Waals surface area contributed by atoms with Crippen LogP contribution >= 0.6 is 0 Å². The first-order valence-electron chi connectivity index (χ1n) is 13.5. The van der Waals surface area contributed by atoms with Gasteiger partial charge in [0.25, 0.3) is 5.91 Å². The maximum Gasteiger partial charge on any atom is 0.290 e. The standard InChI is InChI=1S/C33H35NO5/c1-3-5-12-21-39-28-20-18-26(22-29(28)38-4-2)31-30(27(35)19-17-24-13-8-6-9-14-24)32(36)33(37)34(31)23-25-15-10-7-11-16-25/h6-11,13-20,22,31,36H,3-5,12,21,23H2,1-2H3/b19-17+. The summed E-state index contributed by atoms with van der Waals surface area (Å²) in [6, 6.07) is 23.6. The monoisotopic (exact) mass is 525 g/mol. The van der Waals surface area contributed by atoms with Gasteiger partial charge >= 0.3 is 0 Å². The van der Waals surface area contributed by atoms with Gasteiger partial charge in [-0.2, -0.15) is 0 Å². The van der Waals surface area contributed by atoms with Crippen molar-refractivity contribution in [2.45, 2.75) is 45.7 Å². The smallest absolute Gasteiger partial charge is 0.290 e. The molecule has 202 valence electrons.